The van der Waals surface area contributed by atoms with Crippen LogP contribution in [0.5, 0.6) is 17.2 Å². The highest BCUT2D eigenvalue weighted by molar-refractivity contribution is 6.13. The van der Waals surface area contributed by atoms with Gasteiger partial charge in [0.2, 0.25) is 0 Å². The van der Waals surface area contributed by atoms with Crippen LogP contribution in [0, 0.1) is 5.82 Å². The van der Waals surface area contributed by atoms with E-state index in [0.29, 0.717) is 34.6 Å². The largest absolute Gasteiger partial charge is 0.489 e. The van der Waals surface area contributed by atoms with E-state index in [9.17, 15) is 14.0 Å². The zero-order valence-corrected chi connectivity index (χ0v) is 20.6. The molecule has 4 aromatic carbocycles. The number of carboxylic acids is 1. The van der Waals surface area contributed by atoms with Crippen molar-refractivity contribution in [3.63, 3.8) is 0 Å². The highest BCUT2D eigenvalue weighted by atomic mass is 19.1. The zero-order chi connectivity index (χ0) is 27.2. The molecule has 0 saturated carbocycles. The van der Waals surface area contributed by atoms with Crippen LogP contribution >= 0.6 is 0 Å². The van der Waals surface area contributed by atoms with Crippen molar-refractivity contribution >= 4 is 28.7 Å². The fourth-order valence-electron chi connectivity index (χ4n) is 3.97. The van der Waals surface area contributed by atoms with Gasteiger partial charge in [-0.25, -0.2) is 9.18 Å². The Hall–Kier alpha value is -5.30. The SMILES string of the molecule is O=C(O)/C=C/c1ccc(Oc2c(C(=O)c3cccc(F)c3)cnc3cc(OCc4ccccc4)ccc23)cc1. The van der Waals surface area contributed by atoms with Crippen LogP contribution < -0.4 is 9.47 Å². The van der Waals surface area contributed by atoms with E-state index in [1.54, 1.807) is 42.5 Å². The number of carboxylic acid groups (broad SMARTS) is 1. The molecule has 0 amide bonds. The lowest BCUT2D eigenvalue weighted by Gasteiger charge is -2.15. The maximum absolute atomic E-state index is 13.9. The van der Waals surface area contributed by atoms with Crippen LogP contribution in [0.4, 0.5) is 4.39 Å². The van der Waals surface area contributed by atoms with Gasteiger partial charge >= 0.3 is 5.97 Å². The number of benzene rings is 4. The van der Waals surface area contributed by atoms with E-state index < -0.39 is 17.6 Å². The summed E-state index contributed by atoms with van der Waals surface area (Å²) < 4.78 is 26.0. The first kappa shape index (κ1) is 25.4. The number of pyridine rings is 1. The number of hydrogen-bond acceptors (Lipinski definition) is 5. The Labute approximate surface area is 223 Å². The van der Waals surface area contributed by atoms with Crippen molar-refractivity contribution in [2.75, 3.05) is 0 Å². The average Bonchev–Trinajstić information content (AvgIpc) is 2.96. The van der Waals surface area contributed by atoms with Crippen LogP contribution in [-0.2, 0) is 11.4 Å². The Morgan fingerprint density at radius 3 is 2.38 bits per heavy atom. The molecule has 5 rings (SSSR count). The lowest BCUT2D eigenvalue weighted by atomic mass is 10.0. The average molecular weight is 520 g/mol. The van der Waals surface area contributed by atoms with Crippen molar-refractivity contribution in [1.29, 1.82) is 0 Å². The molecular weight excluding hydrogens is 497 g/mol. The van der Waals surface area contributed by atoms with Gasteiger partial charge < -0.3 is 14.6 Å². The smallest absolute Gasteiger partial charge is 0.328 e. The van der Waals surface area contributed by atoms with Gasteiger partial charge in [0.1, 0.15) is 29.7 Å². The summed E-state index contributed by atoms with van der Waals surface area (Å²) in [6.45, 7) is 0.383. The molecule has 39 heavy (non-hydrogen) atoms. The second-order valence-corrected chi connectivity index (χ2v) is 8.64. The molecule has 192 valence electrons. The van der Waals surface area contributed by atoms with Gasteiger partial charge in [0.15, 0.2) is 5.78 Å². The van der Waals surface area contributed by atoms with Gasteiger partial charge in [-0.15, -0.1) is 0 Å². The third-order valence-corrected chi connectivity index (χ3v) is 5.89. The number of aromatic nitrogens is 1. The minimum Gasteiger partial charge on any atom is -0.489 e. The van der Waals surface area contributed by atoms with Crippen LogP contribution in [0.3, 0.4) is 0 Å². The number of halogens is 1. The summed E-state index contributed by atoms with van der Waals surface area (Å²) in [7, 11) is 0. The highest BCUT2D eigenvalue weighted by Crippen LogP contribution is 2.36. The normalized spacial score (nSPS) is 11.0. The van der Waals surface area contributed by atoms with E-state index in [0.717, 1.165) is 11.6 Å². The molecule has 0 aliphatic rings. The predicted octanol–water partition coefficient (Wildman–Crippen LogP) is 7.07. The van der Waals surface area contributed by atoms with Gasteiger partial charge in [-0.3, -0.25) is 9.78 Å². The summed E-state index contributed by atoms with van der Waals surface area (Å²) in [5, 5.41) is 9.42. The van der Waals surface area contributed by atoms with E-state index in [-0.39, 0.29) is 16.9 Å². The molecule has 1 heterocycles. The number of carbonyl (C=O) groups excluding carboxylic acids is 1. The zero-order valence-electron chi connectivity index (χ0n) is 20.6. The van der Waals surface area contributed by atoms with Crippen LogP contribution in [-0.4, -0.2) is 21.8 Å². The van der Waals surface area contributed by atoms with Crippen molar-refractivity contribution in [1.82, 2.24) is 4.98 Å². The van der Waals surface area contributed by atoms with Gasteiger partial charge in [0, 0.05) is 29.3 Å². The van der Waals surface area contributed by atoms with Crippen molar-refractivity contribution in [2.45, 2.75) is 6.61 Å². The Balaban J connectivity index is 1.51. The Bertz CT molecular complexity index is 1680. The van der Waals surface area contributed by atoms with Crippen molar-refractivity contribution < 1.29 is 28.6 Å². The molecule has 0 aliphatic heterocycles. The van der Waals surface area contributed by atoms with E-state index in [4.69, 9.17) is 14.6 Å². The Morgan fingerprint density at radius 2 is 1.64 bits per heavy atom. The summed E-state index contributed by atoms with van der Waals surface area (Å²) in [4.78, 5) is 28.7. The van der Waals surface area contributed by atoms with Crippen LogP contribution in [0.15, 0.2) is 109 Å². The molecule has 0 fully saturated rings. The summed E-state index contributed by atoms with van der Waals surface area (Å²) >= 11 is 0. The molecule has 0 atom stereocenters. The minimum absolute atomic E-state index is 0.165. The van der Waals surface area contributed by atoms with Crippen LogP contribution in [0.2, 0.25) is 0 Å². The van der Waals surface area contributed by atoms with E-state index in [2.05, 4.69) is 4.98 Å². The number of rotatable bonds is 9. The molecule has 1 aromatic heterocycles. The number of carbonyl (C=O) groups is 2. The number of fused-ring (bicyclic) bond motifs is 1. The van der Waals surface area contributed by atoms with Crippen molar-refractivity contribution in [3.8, 4) is 17.2 Å². The lowest BCUT2D eigenvalue weighted by molar-refractivity contribution is -0.131. The fourth-order valence-corrected chi connectivity index (χ4v) is 3.97. The second-order valence-electron chi connectivity index (χ2n) is 8.64. The predicted molar refractivity (Wildman–Crippen MR) is 146 cm³/mol. The molecule has 1 N–H and O–H groups in total. The number of ether oxygens (including phenoxy) is 2. The molecule has 0 saturated heterocycles. The molecule has 0 spiro atoms. The monoisotopic (exact) mass is 519 g/mol. The first-order chi connectivity index (χ1) is 19.0. The third-order valence-electron chi connectivity index (χ3n) is 5.89. The van der Waals surface area contributed by atoms with Gasteiger partial charge in [-0.2, -0.15) is 0 Å². The molecule has 5 aromatic rings. The molecule has 7 heteroatoms. The molecule has 0 unspecified atom stereocenters. The third kappa shape index (κ3) is 6.17. The minimum atomic E-state index is -1.05. The summed E-state index contributed by atoms with van der Waals surface area (Å²) in [6.07, 6.45) is 3.92. The number of hydrogen-bond donors (Lipinski definition) is 1. The highest BCUT2D eigenvalue weighted by Gasteiger charge is 2.20. The second kappa shape index (κ2) is 11.4. The maximum atomic E-state index is 13.9. The number of aliphatic carboxylic acids is 1. The fraction of sp³-hybridized carbons (Fsp3) is 0.0312. The topological polar surface area (TPSA) is 85.7 Å². The molecule has 0 aliphatic carbocycles. The van der Waals surface area contributed by atoms with Crippen LogP contribution in [0.1, 0.15) is 27.0 Å². The van der Waals surface area contributed by atoms with E-state index in [1.165, 1.54) is 36.5 Å². The summed E-state index contributed by atoms with van der Waals surface area (Å²) in [6, 6.07) is 27.2. The van der Waals surface area contributed by atoms with Gasteiger partial charge in [-0.1, -0.05) is 54.6 Å². The Kier molecular flexibility index (Phi) is 7.41. The quantitative estimate of drug-likeness (QED) is 0.166. The first-order valence-corrected chi connectivity index (χ1v) is 12.0. The standard InChI is InChI=1S/C32H22FNO5/c33-24-8-4-7-23(17-24)31(37)28-19-34-29-18-26(38-20-22-5-2-1-3-6-22)14-15-27(29)32(28)39-25-12-9-21(10-13-25)11-16-30(35)36/h1-19H,20H2,(H,35,36)/b16-11+. The van der Waals surface area contributed by atoms with Gasteiger partial charge in [0.25, 0.3) is 0 Å². The first-order valence-electron chi connectivity index (χ1n) is 12.0. The number of nitrogens with zero attached hydrogens (tertiary/aromatic N) is 1. The van der Waals surface area contributed by atoms with Gasteiger partial charge in [-0.05, 0) is 53.6 Å². The molecular formula is C32H22FNO5. The summed E-state index contributed by atoms with van der Waals surface area (Å²) in [5.41, 5.74) is 2.57. The Morgan fingerprint density at radius 1 is 0.872 bits per heavy atom. The van der Waals surface area contributed by atoms with E-state index >= 15 is 0 Å². The van der Waals surface area contributed by atoms with Crippen LogP contribution in [0.25, 0.3) is 17.0 Å². The maximum Gasteiger partial charge on any atom is 0.328 e. The van der Waals surface area contributed by atoms with E-state index in [1.807, 2.05) is 30.3 Å². The molecule has 0 bridgehead atoms. The lowest BCUT2D eigenvalue weighted by Crippen LogP contribution is -2.06. The van der Waals surface area contributed by atoms with Gasteiger partial charge in [0.05, 0.1) is 11.1 Å². The van der Waals surface area contributed by atoms with Crippen molar-refractivity contribution in [2.24, 2.45) is 0 Å². The summed E-state index contributed by atoms with van der Waals surface area (Å²) in [5.74, 6) is -0.730. The molecule has 0 radical (unpaired) electrons. The molecule has 6 nitrogen and oxygen atoms in total. The number of ketones is 1. The van der Waals surface area contributed by atoms with Crippen molar-refractivity contribution in [3.05, 3.63) is 137 Å².